The predicted molar refractivity (Wildman–Crippen MR) is 106 cm³/mol. The van der Waals surface area contributed by atoms with Crippen LogP contribution in [-0.4, -0.2) is 51.5 Å². The SMILES string of the molecule is CCNC(=NCC1(C)COC1)NCCOC1CCCCCC1.I. The van der Waals surface area contributed by atoms with Crippen molar-refractivity contribution < 1.29 is 9.47 Å². The summed E-state index contributed by atoms with van der Waals surface area (Å²) in [4.78, 5) is 4.67. The summed E-state index contributed by atoms with van der Waals surface area (Å²) in [6, 6.07) is 0. The summed E-state index contributed by atoms with van der Waals surface area (Å²) < 4.78 is 11.3. The van der Waals surface area contributed by atoms with Gasteiger partial charge in [0.05, 0.1) is 32.5 Å². The number of aliphatic imine (C=N–C) groups is 1. The number of nitrogens with zero attached hydrogens (tertiary/aromatic N) is 1. The molecule has 5 nitrogen and oxygen atoms in total. The standard InChI is InChI=1S/C17H33N3O2.HI/c1-3-18-16(20-12-17(2)13-21-14-17)19-10-11-22-15-8-6-4-5-7-9-15;/h15H,3-14H2,1-2H3,(H2,18,19,20);1H. The smallest absolute Gasteiger partial charge is 0.191 e. The van der Waals surface area contributed by atoms with Gasteiger partial charge in [0.1, 0.15) is 0 Å². The van der Waals surface area contributed by atoms with Gasteiger partial charge in [0.25, 0.3) is 0 Å². The van der Waals surface area contributed by atoms with Gasteiger partial charge in [-0.3, -0.25) is 4.99 Å². The van der Waals surface area contributed by atoms with Crippen molar-refractivity contribution in [3.63, 3.8) is 0 Å². The zero-order valence-electron chi connectivity index (χ0n) is 14.7. The maximum Gasteiger partial charge on any atom is 0.191 e. The molecule has 136 valence electrons. The summed E-state index contributed by atoms with van der Waals surface area (Å²) in [5.74, 6) is 0.889. The number of hydrogen-bond donors (Lipinski definition) is 2. The highest BCUT2D eigenvalue weighted by atomic mass is 127. The largest absolute Gasteiger partial charge is 0.380 e. The average Bonchev–Trinajstić information content (AvgIpc) is 2.75. The number of halogens is 1. The van der Waals surface area contributed by atoms with Crippen LogP contribution in [-0.2, 0) is 9.47 Å². The predicted octanol–water partition coefficient (Wildman–Crippen LogP) is 2.94. The quantitative estimate of drug-likeness (QED) is 0.211. The molecule has 0 aromatic heterocycles. The normalized spacial score (nSPS) is 21.7. The topological polar surface area (TPSA) is 54.9 Å². The zero-order chi connectivity index (χ0) is 15.7. The van der Waals surface area contributed by atoms with E-state index in [1.165, 1.54) is 38.5 Å². The van der Waals surface area contributed by atoms with Crippen LogP contribution in [0.5, 0.6) is 0 Å². The van der Waals surface area contributed by atoms with Crippen LogP contribution in [0.4, 0.5) is 0 Å². The Morgan fingerprint density at radius 1 is 1.17 bits per heavy atom. The first-order valence-electron chi connectivity index (χ1n) is 8.93. The zero-order valence-corrected chi connectivity index (χ0v) is 17.1. The molecule has 0 bridgehead atoms. The van der Waals surface area contributed by atoms with Gasteiger partial charge in [-0.25, -0.2) is 0 Å². The van der Waals surface area contributed by atoms with Gasteiger partial charge in [0, 0.05) is 18.5 Å². The molecule has 0 atom stereocenters. The highest BCUT2D eigenvalue weighted by Crippen LogP contribution is 2.26. The van der Waals surface area contributed by atoms with Gasteiger partial charge in [-0.15, -0.1) is 24.0 Å². The Bertz CT molecular complexity index is 341. The molecule has 1 aliphatic carbocycles. The minimum absolute atomic E-state index is 0. The minimum atomic E-state index is 0. The Balaban J connectivity index is 0.00000264. The molecule has 1 aliphatic heterocycles. The minimum Gasteiger partial charge on any atom is -0.380 e. The molecule has 0 aromatic carbocycles. The third-order valence-electron chi connectivity index (χ3n) is 4.41. The lowest BCUT2D eigenvalue weighted by Gasteiger charge is -2.36. The first-order valence-corrected chi connectivity index (χ1v) is 8.93. The monoisotopic (exact) mass is 439 g/mol. The Hall–Kier alpha value is -0.0800. The lowest BCUT2D eigenvalue weighted by atomic mass is 9.89. The molecule has 1 saturated heterocycles. The molecule has 2 fully saturated rings. The fraction of sp³-hybridized carbons (Fsp3) is 0.941. The van der Waals surface area contributed by atoms with Crippen LogP contribution in [0.3, 0.4) is 0 Å². The number of guanidine groups is 1. The van der Waals surface area contributed by atoms with Crippen molar-refractivity contribution in [3.8, 4) is 0 Å². The lowest BCUT2D eigenvalue weighted by molar-refractivity contribution is -0.0945. The Morgan fingerprint density at radius 2 is 1.87 bits per heavy atom. The van der Waals surface area contributed by atoms with Crippen molar-refractivity contribution in [2.75, 3.05) is 39.5 Å². The summed E-state index contributed by atoms with van der Waals surface area (Å²) in [7, 11) is 0. The van der Waals surface area contributed by atoms with Crippen LogP contribution in [0.2, 0.25) is 0 Å². The molecule has 0 amide bonds. The van der Waals surface area contributed by atoms with E-state index in [1.807, 2.05) is 0 Å². The summed E-state index contributed by atoms with van der Waals surface area (Å²) >= 11 is 0. The summed E-state index contributed by atoms with van der Waals surface area (Å²) in [5.41, 5.74) is 0.221. The molecule has 0 spiro atoms. The summed E-state index contributed by atoms with van der Waals surface area (Å²) in [6.45, 7) is 9.22. The average molecular weight is 439 g/mol. The van der Waals surface area contributed by atoms with Crippen molar-refractivity contribution in [2.45, 2.75) is 58.5 Å². The molecule has 0 aromatic rings. The van der Waals surface area contributed by atoms with E-state index in [1.54, 1.807) is 0 Å². The fourth-order valence-electron chi connectivity index (χ4n) is 2.96. The third kappa shape index (κ3) is 8.03. The second-order valence-electron chi connectivity index (χ2n) is 6.91. The second kappa shape index (κ2) is 11.5. The Labute approximate surface area is 158 Å². The van der Waals surface area contributed by atoms with Crippen molar-refractivity contribution in [3.05, 3.63) is 0 Å². The molecule has 6 heteroatoms. The lowest BCUT2D eigenvalue weighted by Crippen LogP contribution is -2.45. The van der Waals surface area contributed by atoms with Gasteiger partial charge in [-0.2, -0.15) is 0 Å². The highest BCUT2D eigenvalue weighted by molar-refractivity contribution is 14.0. The van der Waals surface area contributed by atoms with Crippen molar-refractivity contribution >= 4 is 29.9 Å². The van der Waals surface area contributed by atoms with E-state index in [0.29, 0.717) is 6.10 Å². The summed E-state index contributed by atoms with van der Waals surface area (Å²) in [6.07, 6.45) is 8.32. The van der Waals surface area contributed by atoms with Crippen LogP contribution in [0.25, 0.3) is 0 Å². The summed E-state index contributed by atoms with van der Waals surface area (Å²) in [5, 5.41) is 6.66. The van der Waals surface area contributed by atoms with Gasteiger partial charge >= 0.3 is 0 Å². The first kappa shape index (κ1) is 21.0. The molecule has 0 radical (unpaired) electrons. The molecular formula is C17H34IN3O2. The fourth-order valence-corrected chi connectivity index (χ4v) is 2.96. The van der Waals surface area contributed by atoms with Crippen LogP contribution in [0.1, 0.15) is 52.4 Å². The van der Waals surface area contributed by atoms with Crippen LogP contribution >= 0.6 is 24.0 Å². The van der Waals surface area contributed by atoms with E-state index < -0.39 is 0 Å². The van der Waals surface area contributed by atoms with Crippen molar-refractivity contribution in [2.24, 2.45) is 10.4 Å². The van der Waals surface area contributed by atoms with Crippen molar-refractivity contribution in [1.29, 1.82) is 0 Å². The van der Waals surface area contributed by atoms with E-state index in [0.717, 1.165) is 45.4 Å². The van der Waals surface area contributed by atoms with E-state index >= 15 is 0 Å². The van der Waals surface area contributed by atoms with Gasteiger partial charge in [-0.05, 0) is 19.8 Å². The number of nitrogens with one attached hydrogen (secondary N) is 2. The molecular weight excluding hydrogens is 405 g/mol. The molecule has 2 rings (SSSR count). The van der Waals surface area contributed by atoms with E-state index in [4.69, 9.17) is 9.47 Å². The molecule has 23 heavy (non-hydrogen) atoms. The van der Waals surface area contributed by atoms with Gasteiger partial charge in [0.2, 0.25) is 0 Å². The second-order valence-corrected chi connectivity index (χ2v) is 6.91. The highest BCUT2D eigenvalue weighted by Gasteiger charge is 2.33. The van der Waals surface area contributed by atoms with Crippen LogP contribution < -0.4 is 10.6 Å². The maximum absolute atomic E-state index is 6.00. The molecule has 0 unspecified atom stereocenters. The Morgan fingerprint density at radius 3 is 2.43 bits per heavy atom. The first-order chi connectivity index (χ1) is 10.7. The number of ether oxygens (including phenoxy) is 2. The van der Waals surface area contributed by atoms with Crippen LogP contribution in [0.15, 0.2) is 4.99 Å². The molecule has 2 aliphatic rings. The molecule has 2 N–H and O–H groups in total. The third-order valence-corrected chi connectivity index (χ3v) is 4.41. The van der Waals surface area contributed by atoms with Gasteiger partial charge in [0.15, 0.2) is 5.96 Å². The maximum atomic E-state index is 6.00. The van der Waals surface area contributed by atoms with Gasteiger partial charge < -0.3 is 20.1 Å². The van der Waals surface area contributed by atoms with E-state index in [-0.39, 0.29) is 29.4 Å². The number of hydrogen-bond acceptors (Lipinski definition) is 3. The van der Waals surface area contributed by atoms with E-state index in [2.05, 4.69) is 29.5 Å². The van der Waals surface area contributed by atoms with Crippen molar-refractivity contribution in [1.82, 2.24) is 10.6 Å². The number of rotatable bonds is 7. The van der Waals surface area contributed by atoms with Gasteiger partial charge in [-0.1, -0.05) is 32.6 Å². The Kier molecular flexibility index (Phi) is 10.5. The van der Waals surface area contributed by atoms with Crippen LogP contribution in [0, 0.1) is 5.41 Å². The van der Waals surface area contributed by atoms with E-state index in [9.17, 15) is 0 Å². The molecule has 1 heterocycles. The molecule has 1 saturated carbocycles.